The number of halogens is 1. The number of aryl methyl sites for hydroxylation is 1. The Balaban J connectivity index is 0.00000220. The number of likely N-dealkylation sites (tertiary alicyclic amines) is 1. The van der Waals surface area contributed by atoms with Crippen LogP contribution in [0.2, 0.25) is 0 Å². The van der Waals surface area contributed by atoms with Crippen molar-refractivity contribution < 1.29 is 0 Å². The molecule has 0 bridgehead atoms. The van der Waals surface area contributed by atoms with E-state index in [2.05, 4.69) is 42.6 Å². The van der Waals surface area contributed by atoms with Crippen LogP contribution in [-0.2, 0) is 6.54 Å². The third kappa shape index (κ3) is 5.09. The van der Waals surface area contributed by atoms with Crippen LogP contribution in [0.1, 0.15) is 55.1 Å². The molecule has 1 aliphatic heterocycles. The third-order valence-corrected chi connectivity index (χ3v) is 4.88. The molecule has 1 saturated heterocycles. The van der Waals surface area contributed by atoms with Crippen LogP contribution >= 0.6 is 35.3 Å². The molecule has 0 saturated carbocycles. The molecule has 2 heterocycles. The van der Waals surface area contributed by atoms with Gasteiger partial charge in [-0.15, -0.1) is 35.3 Å². The number of thiazole rings is 1. The monoisotopic (exact) mass is 422 g/mol. The number of nitrogens with zero attached hydrogens (tertiary/aromatic N) is 3. The molecule has 1 aliphatic rings. The molecule has 0 aliphatic carbocycles. The third-order valence-electron chi connectivity index (χ3n) is 3.91. The van der Waals surface area contributed by atoms with Crippen LogP contribution in [0, 0.1) is 12.8 Å². The smallest absolute Gasteiger partial charge is 0.191 e. The minimum absolute atomic E-state index is 0. The van der Waals surface area contributed by atoms with Gasteiger partial charge in [0.05, 0.1) is 12.2 Å². The average molecular weight is 422 g/mol. The van der Waals surface area contributed by atoms with E-state index in [1.807, 2.05) is 0 Å². The summed E-state index contributed by atoms with van der Waals surface area (Å²) in [4.78, 5) is 12.7. The van der Waals surface area contributed by atoms with Gasteiger partial charge in [0.2, 0.25) is 0 Å². The lowest BCUT2D eigenvalue weighted by Crippen LogP contribution is -2.42. The van der Waals surface area contributed by atoms with E-state index in [0.717, 1.165) is 24.0 Å². The lowest BCUT2D eigenvalue weighted by Gasteiger charge is -2.30. The van der Waals surface area contributed by atoms with Crippen LogP contribution in [0.5, 0.6) is 0 Å². The van der Waals surface area contributed by atoms with Crippen molar-refractivity contribution in [3.8, 4) is 0 Å². The van der Waals surface area contributed by atoms with Gasteiger partial charge in [-0.25, -0.2) is 9.98 Å². The first-order chi connectivity index (χ1) is 9.47. The second-order valence-electron chi connectivity index (χ2n) is 6.05. The van der Waals surface area contributed by atoms with Crippen LogP contribution in [0.3, 0.4) is 0 Å². The number of guanidine groups is 1. The molecule has 1 aromatic rings. The predicted molar refractivity (Wildman–Crippen MR) is 102 cm³/mol. The number of hydrogen-bond donors (Lipinski definition) is 1. The Kier molecular flexibility index (Phi) is 7.39. The van der Waals surface area contributed by atoms with Gasteiger partial charge < -0.3 is 10.6 Å². The first kappa shape index (κ1) is 18.7. The minimum Gasteiger partial charge on any atom is -0.370 e. The molecule has 21 heavy (non-hydrogen) atoms. The summed E-state index contributed by atoms with van der Waals surface area (Å²) in [6, 6.07) is 0. The van der Waals surface area contributed by atoms with E-state index >= 15 is 0 Å². The molecule has 4 nitrogen and oxygen atoms in total. The molecular weight excluding hydrogens is 395 g/mol. The standard InChI is InChI=1S/C15H26N4S.HI/c1-10(2)14-12(4)20-13(18-14)9-17-15(16)19-7-5-11(3)6-8-19;/h10-11H,5-9H2,1-4H3,(H2,16,17);1H. The van der Waals surface area contributed by atoms with Crippen LogP contribution in [0.25, 0.3) is 0 Å². The number of rotatable bonds is 3. The lowest BCUT2D eigenvalue weighted by molar-refractivity contribution is 0.277. The van der Waals surface area contributed by atoms with Gasteiger partial charge in [-0.2, -0.15) is 0 Å². The average Bonchev–Trinajstić information content (AvgIpc) is 2.78. The maximum absolute atomic E-state index is 6.10. The summed E-state index contributed by atoms with van der Waals surface area (Å²) in [7, 11) is 0. The molecule has 0 atom stereocenters. The molecule has 2 N–H and O–H groups in total. The maximum atomic E-state index is 6.10. The molecule has 6 heteroatoms. The van der Waals surface area contributed by atoms with E-state index in [0.29, 0.717) is 18.4 Å². The summed E-state index contributed by atoms with van der Waals surface area (Å²) in [5.41, 5.74) is 7.30. The first-order valence-electron chi connectivity index (χ1n) is 7.48. The molecule has 0 amide bonds. The van der Waals surface area contributed by atoms with Gasteiger partial charge in [0.1, 0.15) is 5.01 Å². The summed E-state index contributed by atoms with van der Waals surface area (Å²) < 4.78 is 0. The van der Waals surface area contributed by atoms with Gasteiger partial charge in [0, 0.05) is 18.0 Å². The highest BCUT2D eigenvalue weighted by Crippen LogP contribution is 2.24. The Morgan fingerprint density at radius 3 is 2.57 bits per heavy atom. The number of hydrogen-bond acceptors (Lipinski definition) is 3. The Morgan fingerprint density at radius 2 is 2.05 bits per heavy atom. The second-order valence-corrected chi connectivity index (χ2v) is 7.34. The van der Waals surface area contributed by atoms with Crippen molar-refractivity contribution in [2.24, 2.45) is 16.6 Å². The summed E-state index contributed by atoms with van der Waals surface area (Å²) in [5, 5.41) is 1.07. The van der Waals surface area contributed by atoms with Crippen molar-refractivity contribution in [3.63, 3.8) is 0 Å². The number of aromatic nitrogens is 1. The molecule has 2 rings (SSSR count). The number of piperidine rings is 1. The van der Waals surface area contributed by atoms with Crippen LogP contribution in [0.15, 0.2) is 4.99 Å². The fourth-order valence-electron chi connectivity index (χ4n) is 2.55. The maximum Gasteiger partial charge on any atom is 0.191 e. The summed E-state index contributed by atoms with van der Waals surface area (Å²) in [5.74, 6) is 1.97. The molecule has 1 aromatic heterocycles. The highest BCUT2D eigenvalue weighted by molar-refractivity contribution is 14.0. The Morgan fingerprint density at radius 1 is 1.43 bits per heavy atom. The van der Waals surface area contributed by atoms with Crippen molar-refractivity contribution in [3.05, 3.63) is 15.6 Å². The predicted octanol–water partition coefficient (Wildman–Crippen LogP) is 3.74. The topological polar surface area (TPSA) is 54.5 Å². The zero-order valence-electron chi connectivity index (χ0n) is 13.4. The minimum atomic E-state index is 0. The van der Waals surface area contributed by atoms with Crippen molar-refractivity contribution in [2.75, 3.05) is 13.1 Å². The van der Waals surface area contributed by atoms with E-state index in [4.69, 9.17) is 5.73 Å². The SMILES string of the molecule is Cc1sc(CN=C(N)N2CCC(C)CC2)nc1C(C)C.I. The molecule has 0 radical (unpaired) electrons. The van der Waals surface area contributed by atoms with E-state index in [9.17, 15) is 0 Å². The van der Waals surface area contributed by atoms with E-state index in [1.54, 1.807) is 11.3 Å². The molecule has 0 unspecified atom stereocenters. The van der Waals surface area contributed by atoms with E-state index < -0.39 is 0 Å². The second kappa shape index (κ2) is 8.31. The van der Waals surface area contributed by atoms with Crippen molar-refractivity contribution >= 4 is 41.3 Å². The summed E-state index contributed by atoms with van der Waals surface area (Å²) in [6.07, 6.45) is 2.42. The fourth-order valence-corrected chi connectivity index (χ4v) is 3.57. The largest absolute Gasteiger partial charge is 0.370 e. The molecule has 0 aromatic carbocycles. The van der Waals surface area contributed by atoms with Gasteiger partial charge in [0.25, 0.3) is 0 Å². The number of nitrogens with two attached hydrogens (primary N) is 1. The van der Waals surface area contributed by atoms with Crippen molar-refractivity contribution in [1.82, 2.24) is 9.88 Å². The molecular formula is C15H27IN4S. The molecule has 120 valence electrons. The van der Waals surface area contributed by atoms with Gasteiger partial charge in [-0.3, -0.25) is 0 Å². The van der Waals surface area contributed by atoms with Gasteiger partial charge in [-0.05, 0) is 31.6 Å². The molecule has 1 fully saturated rings. The highest BCUT2D eigenvalue weighted by Gasteiger charge is 2.17. The van der Waals surface area contributed by atoms with E-state index in [-0.39, 0.29) is 24.0 Å². The zero-order chi connectivity index (χ0) is 14.7. The highest BCUT2D eigenvalue weighted by atomic mass is 127. The van der Waals surface area contributed by atoms with Crippen molar-refractivity contribution in [2.45, 2.75) is 53.0 Å². The zero-order valence-corrected chi connectivity index (χ0v) is 16.6. The summed E-state index contributed by atoms with van der Waals surface area (Å²) in [6.45, 7) is 11.5. The van der Waals surface area contributed by atoms with Gasteiger partial charge >= 0.3 is 0 Å². The van der Waals surface area contributed by atoms with E-state index in [1.165, 1.54) is 23.4 Å². The van der Waals surface area contributed by atoms with Gasteiger partial charge in [-0.1, -0.05) is 20.8 Å². The Bertz CT molecular complexity index is 476. The van der Waals surface area contributed by atoms with Crippen LogP contribution in [0.4, 0.5) is 0 Å². The Hall–Kier alpha value is -0.370. The lowest BCUT2D eigenvalue weighted by atomic mass is 10.00. The number of aliphatic imine (C=N–C) groups is 1. The van der Waals surface area contributed by atoms with Gasteiger partial charge in [0.15, 0.2) is 5.96 Å². The first-order valence-corrected chi connectivity index (χ1v) is 8.30. The quantitative estimate of drug-likeness (QED) is 0.459. The van der Waals surface area contributed by atoms with Crippen molar-refractivity contribution in [1.29, 1.82) is 0 Å². The summed E-state index contributed by atoms with van der Waals surface area (Å²) >= 11 is 1.74. The normalized spacial score (nSPS) is 17.2. The Labute approximate surface area is 149 Å². The van der Waals surface area contributed by atoms with Crippen LogP contribution < -0.4 is 5.73 Å². The van der Waals surface area contributed by atoms with Crippen LogP contribution in [-0.4, -0.2) is 28.9 Å². The fraction of sp³-hybridized carbons (Fsp3) is 0.733. The molecule has 0 spiro atoms.